The number of benzene rings is 1. The Labute approximate surface area is 104 Å². The summed E-state index contributed by atoms with van der Waals surface area (Å²) in [6.45, 7) is 4.45. The van der Waals surface area contributed by atoms with Crippen molar-refractivity contribution in [3.8, 4) is 0 Å². The van der Waals surface area contributed by atoms with Crippen molar-refractivity contribution in [2.75, 3.05) is 0 Å². The van der Waals surface area contributed by atoms with Gasteiger partial charge in [-0.2, -0.15) is 0 Å². The van der Waals surface area contributed by atoms with Gasteiger partial charge in [-0.05, 0) is 24.5 Å². The molecule has 0 N–H and O–H groups in total. The van der Waals surface area contributed by atoms with E-state index in [9.17, 15) is 0 Å². The summed E-state index contributed by atoms with van der Waals surface area (Å²) in [6, 6.07) is 8.65. The third kappa shape index (κ3) is 2.28. The fourth-order valence-corrected chi connectivity index (χ4v) is 2.46. The summed E-state index contributed by atoms with van der Waals surface area (Å²) in [6.07, 6.45) is 8.11. The molecule has 0 aliphatic rings. The van der Waals surface area contributed by atoms with Crippen LogP contribution in [0.2, 0.25) is 0 Å². The van der Waals surface area contributed by atoms with Crippen molar-refractivity contribution in [1.82, 2.24) is 4.57 Å². The molecule has 2 aromatic rings. The smallest absolute Gasteiger partial charge is 0.0484 e. The van der Waals surface area contributed by atoms with E-state index in [2.05, 4.69) is 62.0 Å². The third-order valence-corrected chi connectivity index (χ3v) is 3.21. The number of rotatable bonds is 4. The zero-order valence-corrected chi connectivity index (χ0v) is 11.0. The molecule has 1 nitrogen and oxygen atoms in total. The zero-order valence-electron chi connectivity index (χ0n) is 11.0. The van der Waals surface area contributed by atoms with Crippen molar-refractivity contribution >= 4 is 16.5 Å². The van der Waals surface area contributed by atoms with E-state index in [-0.39, 0.29) is 0 Å². The molecule has 1 aromatic carbocycles. The van der Waals surface area contributed by atoms with Crippen LogP contribution in [-0.2, 0) is 7.05 Å². The van der Waals surface area contributed by atoms with Gasteiger partial charge in [-0.15, -0.1) is 0 Å². The molecule has 0 bridgehead atoms. The molecular formula is C16H21N. The normalized spacial score (nSPS) is 12.3. The van der Waals surface area contributed by atoms with Gasteiger partial charge in [-0.3, -0.25) is 0 Å². The number of allylic oxidation sites excluding steroid dienone is 2. The number of fused-ring (bicyclic) bond motifs is 1. The highest BCUT2D eigenvalue weighted by Crippen LogP contribution is 2.29. The lowest BCUT2D eigenvalue weighted by Crippen LogP contribution is -1.84. The molecule has 0 aliphatic carbocycles. The Hall–Kier alpha value is -1.50. The Morgan fingerprint density at radius 1 is 1.24 bits per heavy atom. The van der Waals surface area contributed by atoms with E-state index >= 15 is 0 Å². The molecule has 0 atom stereocenters. The highest BCUT2D eigenvalue weighted by Gasteiger charge is 2.09. The van der Waals surface area contributed by atoms with Gasteiger partial charge in [0, 0.05) is 29.7 Å². The summed E-state index contributed by atoms with van der Waals surface area (Å²) in [4.78, 5) is 0. The van der Waals surface area contributed by atoms with E-state index in [1.807, 2.05) is 0 Å². The standard InChI is InChI=1S/C16H21N/c1-4-8-13(9-5-2)15-12-17(3)16-11-7-6-10-14(15)16/h6-8,10-12H,4-5,9H2,1-3H3/b13-8+. The minimum Gasteiger partial charge on any atom is -0.350 e. The molecule has 17 heavy (non-hydrogen) atoms. The van der Waals surface area contributed by atoms with E-state index < -0.39 is 0 Å². The van der Waals surface area contributed by atoms with Gasteiger partial charge >= 0.3 is 0 Å². The highest BCUT2D eigenvalue weighted by molar-refractivity contribution is 5.93. The van der Waals surface area contributed by atoms with Gasteiger partial charge in [-0.25, -0.2) is 0 Å². The van der Waals surface area contributed by atoms with Crippen LogP contribution in [-0.4, -0.2) is 4.57 Å². The van der Waals surface area contributed by atoms with Gasteiger partial charge in [0.05, 0.1) is 0 Å². The summed E-state index contributed by atoms with van der Waals surface area (Å²) >= 11 is 0. The van der Waals surface area contributed by atoms with Crippen LogP contribution >= 0.6 is 0 Å². The van der Waals surface area contributed by atoms with Crippen molar-refractivity contribution in [2.24, 2.45) is 7.05 Å². The van der Waals surface area contributed by atoms with Crippen molar-refractivity contribution in [3.63, 3.8) is 0 Å². The van der Waals surface area contributed by atoms with Crippen LogP contribution in [0.5, 0.6) is 0 Å². The lowest BCUT2D eigenvalue weighted by atomic mass is 10.00. The predicted octanol–water partition coefficient (Wildman–Crippen LogP) is 4.77. The van der Waals surface area contributed by atoms with Gasteiger partial charge in [0.15, 0.2) is 0 Å². The number of aromatic nitrogens is 1. The van der Waals surface area contributed by atoms with Crippen molar-refractivity contribution in [1.29, 1.82) is 0 Å². The van der Waals surface area contributed by atoms with Crippen LogP contribution in [0, 0.1) is 0 Å². The first-order valence-corrected chi connectivity index (χ1v) is 6.51. The number of hydrogen-bond acceptors (Lipinski definition) is 0. The fourth-order valence-electron chi connectivity index (χ4n) is 2.46. The lowest BCUT2D eigenvalue weighted by molar-refractivity contribution is 0.951. The number of nitrogens with zero attached hydrogens (tertiary/aromatic N) is 1. The van der Waals surface area contributed by atoms with Crippen LogP contribution in [0.15, 0.2) is 36.5 Å². The van der Waals surface area contributed by atoms with Crippen LogP contribution < -0.4 is 0 Å². The molecule has 2 rings (SSSR count). The Morgan fingerprint density at radius 3 is 2.71 bits per heavy atom. The molecule has 0 unspecified atom stereocenters. The topological polar surface area (TPSA) is 4.93 Å². The zero-order chi connectivity index (χ0) is 12.3. The SMILES string of the molecule is CC/C=C(\CCC)c1cn(C)c2ccccc12. The molecule has 1 aromatic heterocycles. The number of hydrogen-bond donors (Lipinski definition) is 0. The molecule has 0 aliphatic heterocycles. The fraction of sp³-hybridized carbons (Fsp3) is 0.375. The Morgan fingerprint density at radius 2 is 2.00 bits per heavy atom. The Balaban J connectivity index is 2.57. The van der Waals surface area contributed by atoms with Gasteiger partial charge < -0.3 is 4.57 Å². The monoisotopic (exact) mass is 227 g/mol. The second-order valence-corrected chi connectivity index (χ2v) is 4.56. The number of para-hydroxylation sites is 1. The Kier molecular flexibility index (Phi) is 3.68. The van der Waals surface area contributed by atoms with Gasteiger partial charge in [0.1, 0.15) is 0 Å². The first kappa shape index (κ1) is 12.0. The van der Waals surface area contributed by atoms with Crippen LogP contribution in [0.4, 0.5) is 0 Å². The maximum absolute atomic E-state index is 2.37. The van der Waals surface area contributed by atoms with Gasteiger partial charge in [0.25, 0.3) is 0 Å². The third-order valence-electron chi connectivity index (χ3n) is 3.21. The van der Waals surface area contributed by atoms with Gasteiger partial charge in [-0.1, -0.05) is 44.5 Å². The van der Waals surface area contributed by atoms with Crippen molar-refractivity contribution in [2.45, 2.75) is 33.1 Å². The maximum atomic E-state index is 2.37. The summed E-state index contributed by atoms with van der Waals surface area (Å²) in [5.74, 6) is 0. The summed E-state index contributed by atoms with van der Waals surface area (Å²) in [5, 5.41) is 1.38. The van der Waals surface area contributed by atoms with E-state index in [1.165, 1.54) is 34.9 Å². The predicted molar refractivity (Wildman–Crippen MR) is 76.1 cm³/mol. The average molecular weight is 227 g/mol. The largest absolute Gasteiger partial charge is 0.350 e. The van der Waals surface area contributed by atoms with Crippen molar-refractivity contribution < 1.29 is 0 Å². The molecule has 0 spiro atoms. The second kappa shape index (κ2) is 5.22. The van der Waals surface area contributed by atoms with E-state index in [0.29, 0.717) is 0 Å². The van der Waals surface area contributed by atoms with Gasteiger partial charge in [0.2, 0.25) is 0 Å². The molecular weight excluding hydrogens is 206 g/mol. The first-order chi connectivity index (χ1) is 8.27. The minimum atomic E-state index is 1.11. The lowest BCUT2D eigenvalue weighted by Gasteiger charge is -2.04. The molecule has 0 radical (unpaired) electrons. The molecule has 0 saturated heterocycles. The summed E-state index contributed by atoms with van der Waals surface area (Å²) < 4.78 is 2.23. The van der Waals surface area contributed by atoms with E-state index in [0.717, 1.165) is 6.42 Å². The highest BCUT2D eigenvalue weighted by atomic mass is 14.9. The minimum absolute atomic E-state index is 1.11. The van der Waals surface area contributed by atoms with E-state index in [4.69, 9.17) is 0 Å². The molecule has 1 heteroatoms. The maximum Gasteiger partial charge on any atom is 0.0484 e. The first-order valence-electron chi connectivity index (χ1n) is 6.51. The second-order valence-electron chi connectivity index (χ2n) is 4.56. The van der Waals surface area contributed by atoms with Crippen LogP contribution in [0.25, 0.3) is 16.5 Å². The molecule has 0 fully saturated rings. The summed E-state index contributed by atoms with van der Waals surface area (Å²) in [5.41, 5.74) is 4.22. The number of aryl methyl sites for hydroxylation is 1. The van der Waals surface area contributed by atoms with E-state index in [1.54, 1.807) is 0 Å². The molecule has 0 amide bonds. The molecule has 90 valence electrons. The molecule has 0 saturated carbocycles. The van der Waals surface area contributed by atoms with Crippen LogP contribution in [0.1, 0.15) is 38.7 Å². The van der Waals surface area contributed by atoms with Crippen molar-refractivity contribution in [3.05, 3.63) is 42.1 Å². The quantitative estimate of drug-likeness (QED) is 0.709. The van der Waals surface area contributed by atoms with Crippen LogP contribution in [0.3, 0.4) is 0 Å². The summed E-state index contributed by atoms with van der Waals surface area (Å²) in [7, 11) is 2.13. The molecule has 1 heterocycles. The Bertz CT molecular complexity index is 531. The average Bonchev–Trinajstić information content (AvgIpc) is 2.67.